The zero-order valence-electron chi connectivity index (χ0n) is 19.5. The van der Waals surface area contributed by atoms with Crippen LogP contribution in [0.5, 0.6) is 17.4 Å². The van der Waals surface area contributed by atoms with Crippen molar-refractivity contribution in [2.45, 2.75) is 32.2 Å². The van der Waals surface area contributed by atoms with Crippen molar-refractivity contribution >= 4 is 11.9 Å². The van der Waals surface area contributed by atoms with Gasteiger partial charge >= 0.3 is 0 Å². The molecule has 3 aromatic rings. The number of halogens is 2. The van der Waals surface area contributed by atoms with Crippen LogP contribution in [0.2, 0.25) is 0 Å². The van der Waals surface area contributed by atoms with Crippen molar-refractivity contribution in [3.63, 3.8) is 0 Å². The molecule has 1 saturated heterocycles. The fourth-order valence-corrected chi connectivity index (χ4v) is 4.52. The number of benzene rings is 2. The van der Waals surface area contributed by atoms with E-state index in [0.29, 0.717) is 35.8 Å². The van der Waals surface area contributed by atoms with Gasteiger partial charge < -0.3 is 19.3 Å². The number of para-hydroxylation sites is 1. The quantitative estimate of drug-likeness (QED) is 0.525. The zero-order valence-corrected chi connectivity index (χ0v) is 19.5. The van der Waals surface area contributed by atoms with Crippen LogP contribution in [-0.4, -0.2) is 47.5 Å². The van der Waals surface area contributed by atoms with Gasteiger partial charge in [-0.25, -0.2) is 13.8 Å². The van der Waals surface area contributed by atoms with E-state index in [4.69, 9.17) is 14.5 Å². The Hall–Kier alpha value is -3.75. The summed E-state index contributed by atoms with van der Waals surface area (Å²) in [6.45, 7) is 2.33. The van der Waals surface area contributed by atoms with Gasteiger partial charge in [0.05, 0.1) is 30.5 Å². The van der Waals surface area contributed by atoms with E-state index in [1.54, 1.807) is 29.2 Å². The average Bonchev–Trinajstić information content (AvgIpc) is 2.90. The van der Waals surface area contributed by atoms with Crippen molar-refractivity contribution < 1.29 is 23.0 Å². The Morgan fingerprint density at radius 2 is 1.77 bits per heavy atom. The molecule has 7 nitrogen and oxygen atoms in total. The van der Waals surface area contributed by atoms with Crippen LogP contribution in [0, 0.1) is 11.6 Å². The van der Waals surface area contributed by atoms with Crippen molar-refractivity contribution in [3.05, 3.63) is 70.9 Å². The second-order valence-electron chi connectivity index (χ2n) is 8.66. The van der Waals surface area contributed by atoms with Crippen LogP contribution >= 0.6 is 0 Å². The summed E-state index contributed by atoms with van der Waals surface area (Å²) in [7, 11) is 1.52. The lowest BCUT2D eigenvalue weighted by Gasteiger charge is -2.32. The molecule has 2 aromatic carbocycles. The summed E-state index contributed by atoms with van der Waals surface area (Å²) in [6, 6.07) is 10.2. The second-order valence-corrected chi connectivity index (χ2v) is 8.66. The highest BCUT2D eigenvalue weighted by Crippen LogP contribution is 2.34. The van der Waals surface area contributed by atoms with E-state index in [9.17, 15) is 13.6 Å². The highest BCUT2D eigenvalue weighted by atomic mass is 19.1. The minimum absolute atomic E-state index is 0.134. The molecule has 1 fully saturated rings. The normalized spacial score (nSPS) is 15.5. The molecule has 0 radical (unpaired) electrons. The maximum atomic E-state index is 14.4. The van der Waals surface area contributed by atoms with Crippen molar-refractivity contribution in [3.8, 4) is 17.4 Å². The second kappa shape index (κ2) is 9.85. The molecule has 1 aromatic heterocycles. The monoisotopic (exact) mass is 480 g/mol. The highest BCUT2D eigenvalue weighted by Gasteiger charge is 2.30. The third-order valence-corrected chi connectivity index (χ3v) is 6.37. The topological polar surface area (TPSA) is 67.8 Å². The number of hydrogen-bond donors (Lipinski definition) is 0. The third-order valence-electron chi connectivity index (χ3n) is 6.37. The number of fused-ring (bicyclic) bond motifs is 1. The summed E-state index contributed by atoms with van der Waals surface area (Å²) in [6.07, 6.45) is 3.75. The number of piperidine rings is 1. The molecular weight excluding hydrogens is 454 g/mol. The van der Waals surface area contributed by atoms with Crippen molar-refractivity contribution in [1.29, 1.82) is 0 Å². The number of ether oxygens (including phenoxy) is 2. The van der Waals surface area contributed by atoms with Gasteiger partial charge in [-0.2, -0.15) is 4.98 Å². The van der Waals surface area contributed by atoms with E-state index in [1.807, 2.05) is 0 Å². The number of anilines is 1. The first-order valence-electron chi connectivity index (χ1n) is 11.7. The smallest absolute Gasteiger partial charge is 0.257 e. The van der Waals surface area contributed by atoms with E-state index < -0.39 is 11.6 Å². The maximum absolute atomic E-state index is 14.4. The van der Waals surface area contributed by atoms with Crippen molar-refractivity contribution in [2.24, 2.45) is 0 Å². The summed E-state index contributed by atoms with van der Waals surface area (Å²) in [5, 5.41) is 0. The van der Waals surface area contributed by atoms with E-state index in [-0.39, 0.29) is 24.1 Å². The van der Waals surface area contributed by atoms with Gasteiger partial charge in [0.25, 0.3) is 5.91 Å². The first-order chi connectivity index (χ1) is 17.0. The van der Waals surface area contributed by atoms with Gasteiger partial charge in [-0.3, -0.25) is 4.79 Å². The Bertz CT molecular complexity index is 1250. The van der Waals surface area contributed by atoms with Crippen molar-refractivity contribution in [1.82, 2.24) is 14.9 Å². The van der Waals surface area contributed by atoms with Gasteiger partial charge in [0.1, 0.15) is 11.6 Å². The van der Waals surface area contributed by atoms with Crippen LogP contribution in [-0.2, 0) is 13.0 Å². The number of aromatic nitrogens is 2. The minimum atomic E-state index is -0.824. The van der Waals surface area contributed by atoms with Gasteiger partial charge in [-0.05, 0) is 43.5 Å². The first kappa shape index (κ1) is 23.0. The molecule has 0 saturated carbocycles. The Balaban J connectivity index is 1.50. The van der Waals surface area contributed by atoms with Crippen LogP contribution in [0.1, 0.15) is 40.9 Å². The van der Waals surface area contributed by atoms with Crippen LogP contribution in [0.15, 0.2) is 42.5 Å². The molecule has 35 heavy (non-hydrogen) atoms. The molecule has 0 atom stereocenters. The molecule has 0 bridgehead atoms. The van der Waals surface area contributed by atoms with Crippen molar-refractivity contribution in [2.75, 3.05) is 31.6 Å². The summed E-state index contributed by atoms with van der Waals surface area (Å²) in [4.78, 5) is 26.5. The van der Waals surface area contributed by atoms with Crippen LogP contribution in [0.25, 0.3) is 0 Å². The Labute approximate surface area is 202 Å². The standard InChI is InChI=1S/C26H26F2N4O3/c1-34-22-8-4-3-7-18(22)25(33)32-14-11-21-19(16-32)24(35-23-10-9-17(27)15-20(23)28)30-26(29-21)31-12-5-2-6-13-31/h3-4,7-10,15H,2,5-6,11-14,16H2,1H3. The zero-order chi connectivity index (χ0) is 24.4. The minimum Gasteiger partial charge on any atom is -0.496 e. The molecule has 0 unspecified atom stereocenters. The molecule has 0 spiro atoms. The Morgan fingerprint density at radius 3 is 2.54 bits per heavy atom. The molecule has 1 amide bonds. The molecule has 0 N–H and O–H groups in total. The molecule has 5 rings (SSSR count). The molecule has 9 heteroatoms. The van der Waals surface area contributed by atoms with E-state index in [0.717, 1.165) is 50.2 Å². The first-order valence-corrected chi connectivity index (χ1v) is 11.7. The lowest BCUT2D eigenvalue weighted by atomic mass is 10.0. The predicted molar refractivity (Wildman–Crippen MR) is 126 cm³/mol. The number of amides is 1. The fraction of sp³-hybridized carbons (Fsp3) is 0.346. The molecule has 2 aliphatic rings. The van der Waals surface area contributed by atoms with Crippen LogP contribution < -0.4 is 14.4 Å². The largest absolute Gasteiger partial charge is 0.496 e. The Morgan fingerprint density at radius 1 is 0.971 bits per heavy atom. The summed E-state index contributed by atoms with van der Waals surface area (Å²) < 4.78 is 39.1. The number of carbonyl (C=O) groups is 1. The molecule has 182 valence electrons. The number of carbonyl (C=O) groups excluding carboxylic acids is 1. The molecule has 0 aliphatic carbocycles. The van der Waals surface area contributed by atoms with Gasteiger partial charge in [-0.15, -0.1) is 0 Å². The van der Waals surface area contributed by atoms with Crippen LogP contribution in [0.4, 0.5) is 14.7 Å². The lowest BCUT2D eigenvalue weighted by molar-refractivity contribution is 0.0728. The lowest BCUT2D eigenvalue weighted by Crippen LogP contribution is -2.38. The van der Waals surface area contributed by atoms with Gasteiger partial charge in [0.15, 0.2) is 11.6 Å². The van der Waals surface area contributed by atoms with Gasteiger partial charge in [0.2, 0.25) is 11.8 Å². The number of hydrogen-bond acceptors (Lipinski definition) is 6. The summed E-state index contributed by atoms with van der Waals surface area (Å²) in [5.41, 5.74) is 1.84. The maximum Gasteiger partial charge on any atom is 0.257 e. The van der Waals surface area contributed by atoms with Gasteiger partial charge in [0, 0.05) is 32.1 Å². The summed E-state index contributed by atoms with van der Waals surface area (Å²) >= 11 is 0. The molecule has 3 heterocycles. The van der Waals surface area contributed by atoms with E-state index >= 15 is 0 Å². The highest BCUT2D eigenvalue weighted by molar-refractivity contribution is 5.97. The predicted octanol–water partition coefficient (Wildman–Crippen LogP) is 4.74. The van der Waals surface area contributed by atoms with Gasteiger partial charge in [-0.1, -0.05) is 12.1 Å². The number of methoxy groups -OCH3 is 1. The summed E-state index contributed by atoms with van der Waals surface area (Å²) in [5.74, 6) is -0.636. The van der Waals surface area contributed by atoms with Crippen LogP contribution in [0.3, 0.4) is 0 Å². The fourth-order valence-electron chi connectivity index (χ4n) is 4.52. The SMILES string of the molecule is COc1ccccc1C(=O)N1CCc2nc(N3CCCCC3)nc(Oc3ccc(F)cc3F)c2C1. The number of rotatable bonds is 5. The van der Waals surface area contributed by atoms with E-state index in [1.165, 1.54) is 13.2 Å². The Kier molecular flexibility index (Phi) is 6.48. The van der Waals surface area contributed by atoms with E-state index in [2.05, 4.69) is 9.88 Å². The molecular formula is C26H26F2N4O3. The average molecular weight is 481 g/mol. The third kappa shape index (κ3) is 4.76. The molecule has 2 aliphatic heterocycles. The number of nitrogens with zero attached hydrogens (tertiary/aromatic N) is 4.